The first kappa shape index (κ1) is 36.7. The van der Waals surface area contributed by atoms with E-state index in [1.165, 1.54) is 20.8 Å². The Morgan fingerprint density at radius 3 is 0.950 bits per heavy atom. The van der Waals surface area contributed by atoms with Crippen molar-refractivity contribution in [2.75, 3.05) is 58.9 Å². The molecule has 0 saturated carbocycles. The van der Waals surface area contributed by atoms with Gasteiger partial charge in [-0.05, 0) is 38.9 Å². The van der Waals surface area contributed by atoms with E-state index in [1.54, 1.807) is 0 Å². The fourth-order valence-electron chi connectivity index (χ4n) is 3.29. The SMILES string of the molecule is CC(=O)N(O)CCC(=O)NCCCN(CCCNC(=O)CCN(O)C(C)=O)CCCNC(=O)CCN(O)C(C)=O. The smallest absolute Gasteiger partial charge is 0.242 e. The lowest BCUT2D eigenvalue weighted by Crippen LogP contribution is -2.36. The maximum Gasteiger partial charge on any atom is 0.242 e. The van der Waals surface area contributed by atoms with Crippen molar-refractivity contribution in [2.45, 2.75) is 59.3 Å². The summed E-state index contributed by atoms with van der Waals surface area (Å²) in [6.07, 6.45) is 1.78. The van der Waals surface area contributed by atoms with Crippen LogP contribution in [0.3, 0.4) is 0 Å². The van der Waals surface area contributed by atoms with Gasteiger partial charge in [0.1, 0.15) is 0 Å². The highest BCUT2D eigenvalue weighted by atomic mass is 16.5. The molecule has 0 heterocycles. The van der Waals surface area contributed by atoms with Crippen LogP contribution in [0, 0.1) is 0 Å². The second-order valence-corrected chi connectivity index (χ2v) is 9.13. The molecule has 0 aliphatic rings. The summed E-state index contributed by atoms with van der Waals surface area (Å²) in [5.41, 5.74) is 0. The Morgan fingerprint density at radius 1 is 0.475 bits per heavy atom. The predicted molar refractivity (Wildman–Crippen MR) is 141 cm³/mol. The largest absolute Gasteiger partial charge is 0.356 e. The monoisotopic (exact) mass is 575 g/mol. The molecular weight excluding hydrogens is 530 g/mol. The Balaban J connectivity index is 4.49. The summed E-state index contributed by atoms with van der Waals surface area (Å²) in [6, 6.07) is 0. The van der Waals surface area contributed by atoms with Crippen LogP contribution in [0.1, 0.15) is 59.3 Å². The molecule has 0 radical (unpaired) electrons. The van der Waals surface area contributed by atoms with E-state index in [0.717, 1.165) is 0 Å². The van der Waals surface area contributed by atoms with Crippen molar-refractivity contribution < 1.29 is 44.4 Å². The van der Waals surface area contributed by atoms with Gasteiger partial charge in [0.25, 0.3) is 0 Å². The molecule has 0 aliphatic carbocycles. The number of nitrogens with zero attached hydrogens (tertiary/aromatic N) is 4. The van der Waals surface area contributed by atoms with E-state index >= 15 is 0 Å². The Kier molecular flexibility index (Phi) is 19.7. The van der Waals surface area contributed by atoms with Gasteiger partial charge in [0, 0.05) is 59.7 Å². The molecule has 16 nitrogen and oxygen atoms in total. The first-order valence-corrected chi connectivity index (χ1v) is 13.3. The van der Waals surface area contributed by atoms with E-state index in [-0.39, 0.29) is 56.6 Å². The molecule has 0 aromatic rings. The molecule has 6 amide bonds. The average molecular weight is 576 g/mol. The van der Waals surface area contributed by atoms with Gasteiger partial charge in [-0.1, -0.05) is 0 Å². The molecule has 0 fully saturated rings. The zero-order valence-corrected chi connectivity index (χ0v) is 23.7. The van der Waals surface area contributed by atoms with Crippen molar-refractivity contribution in [1.29, 1.82) is 0 Å². The molecule has 0 atom stereocenters. The van der Waals surface area contributed by atoms with Crippen molar-refractivity contribution in [3.05, 3.63) is 0 Å². The Morgan fingerprint density at radius 2 is 0.725 bits per heavy atom. The lowest BCUT2D eigenvalue weighted by atomic mass is 10.2. The summed E-state index contributed by atoms with van der Waals surface area (Å²) in [4.78, 5) is 70.8. The van der Waals surface area contributed by atoms with Crippen LogP contribution in [0.2, 0.25) is 0 Å². The molecule has 0 aromatic carbocycles. The van der Waals surface area contributed by atoms with Crippen LogP contribution in [0.25, 0.3) is 0 Å². The summed E-state index contributed by atoms with van der Waals surface area (Å²) < 4.78 is 0. The molecular formula is C24H45N7O9. The highest BCUT2D eigenvalue weighted by Gasteiger charge is 2.12. The summed E-state index contributed by atoms with van der Waals surface area (Å²) in [5, 5.41) is 37.6. The number of nitrogens with one attached hydrogen (secondary N) is 3. The molecule has 230 valence electrons. The molecule has 6 N–H and O–H groups in total. The molecule has 0 spiro atoms. The minimum atomic E-state index is -0.548. The van der Waals surface area contributed by atoms with E-state index in [4.69, 9.17) is 0 Å². The topological polar surface area (TPSA) is 212 Å². The normalized spacial score (nSPS) is 10.6. The summed E-state index contributed by atoms with van der Waals surface area (Å²) in [6.45, 7) is 6.31. The maximum atomic E-state index is 11.9. The zero-order valence-electron chi connectivity index (χ0n) is 23.7. The van der Waals surface area contributed by atoms with Gasteiger partial charge in [0.05, 0.1) is 19.6 Å². The number of rotatable bonds is 21. The van der Waals surface area contributed by atoms with Crippen molar-refractivity contribution in [1.82, 2.24) is 36.0 Å². The van der Waals surface area contributed by atoms with Crippen molar-refractivity contribution in [2.24, 2.45) is 0 Å². The number of hydrogen-bond acceptors (Lipinski definition) is 10. The van der Waals surface area contributed by atoms with Gasteiger partial charge in [-0.25, -0.2) is 15.2 Å². The molecule has 0 unspecified atom stereocenters. The standard InChI is InChI=1S/C24H45N7O9/c1-19(32)29(38)16-7-22(35)25-10-4-13-28(14-5-11-26-23(36)8-17-30(39)20(2)33)15-6-12-27-24(37)9-18-31(40)21(3)34/h38-40H,4-18H2,1-3H3,(H,25,35)(H,26,36)(H,27,37). The van der Waals surface area contributed by atoms with Gasteiger partial charge >= 0.3 is 0 Å². The predicted octanol–water partition coefficient (Wildman–Crippen LogP) is -1.31. The number of amides is 6. The quantitative estimate of drug-likeness (QED) is 0.0540. The van der Waals surface area contributed by atoms with Crippen LogP contribution >= 0.6 is 0 Å². The van der Waals surface area contributed by atoms with E-state index in [1.807, 2.05) is 0 Å². The third-order valence-corrected chi connectivity index (χ3v) is 5.66. The minimum absolute atomic E-state index is 0.0277. The molecule has 0 bridgehead atoms. The molecule has 0 aromatic heterocycles. The van der Waals surface area contributed by atoms with Crippen LogP contribution in [-0.2, 0) is 28.8 Å². The lowest BCUT2D eigenvalue weighted by Gasteiger charge is -2.23. The van der Waals surface area contributed by atoms with E-state index in [2.05, 4.69) is 20.9 Å². The second kappa shape index (κ2) is 21.5. The van der Waals surface area contributed by atoms with Gasteiger partial charge in [-0.2, -0.15) is 0 Å². The number of carbonyl (C=O) groups excluding carboxylic acids is 6. The van der Waals surface area contributed by atoms with Crippen LogP contribution in [0.15, 0.2) is 0 Å². The van der Waals surface area contributed by atoms with E-state index in [0.29, 0.717) is 73.7 Å². The van der Waals surface area contributed by atoms with Gasteiger partial charge in [-0.15, -0.1) is 0 Å². The zero-order chi connectivity index (χ0) is 30.5. The Bertz CT molecular complexity index is 724. The van der Waals surface area contributed by atoms with E-state index in [9.17, 15) is 44.4 Å². The average Bonchev–Trinajstić information content (AvgIpc) is 2.90. The van der Waals surface area contributed by atoms with Crippen LogP contribution < -0.4 is 16.0 Å². The Labute approximate surface area is 234 Å². The van der Waals surface area contributed by atoms with Crippen molar-refractivity contribution in [3.8, 4) is 0 Å². The van der Waals surface area contributed by atoms with Crippen LogP contribution in [-0.4, -0.2) is 130 Å². The first-order chi connectivity index (χ1) is 18.8. The highest BCUT2D eigenvalue weighted by Crippen LogP contribution is 1.98. The number of hydroxylamine groups is 6. The lowest BCUT2D eigenvalue weighted by molar-refractivity contribution is -0.163. The van der Waals surface area contributed by atoms with E-state index < -0.39 is 17.7 Å². The molecule has 0 rings (SSSR count). The Hall–Kier alpha value is -3.34. The molecule has 0 aliphatic heterocycles. The number of hydrogen-bond donors (Lipinski definition) is 6. The minimum Gasteiger partial charge on any atom is -0.356 e. The van der Waals surface area contributed by atoms with Crippen LogP contribution in [0.5, 0.6) is 0 Å². The fraction of sp³-hybridized carbons (Fsp3) is 0.750. The molecule has 40 heavy (non-hydrogen) atoms. The van der Waals surface area contributed by atoms with Gasteiger partial charge in [0.15, 0.2) is 0 Å². The summed E-state index contributed by atoms with van der Waals surface area (Å²) >= 11 is 0. The highest BCUT2D eigenvalue weighted by molar-refractivity contribution is 5.78. The van der Waals surface area contributed by atoms with Gasteiger partial charge < -0.3 is 20.9 Å². The van der Waals surface area contributed by atoms with Gasteiger partial charge in [-0.3, -0.25) is 44.4 Å². The fourth-order valence-corrected chi connectivity index (χ4v) is 3.29. The third kappa shape index (κ3) is 19.7. The molecule has 0 saturated heterocycles. The summed E-state index contributed by atoms with van der Waals surface area (Å²) in [7, 11) is 0. The number of carbonyl (C=O) groups is 6. The molecule has 16 heteroatoms. The first-order valence-electron chi connectivity index (χ1n) is 13.3. The van der Waals surface area contributed by atoms with Gasteiger partial charge in [0.2, 0.25) is 35.4 Å². The second-order valence-electron chi connectivity index (χ2n) is 9.13. The maximum absolute atomic E-state index is 11.9. The van der Waals surface area contributed by atoms with Crippen molar-refractivity contribution in [3.63, 3.8) is 0 Å². The van der Waals surface area contributed by atoms with Crippen LogP contribution in [0.4, 0.5) is 0 Å². The summed E-state index contributed by atoms with van der Waals surface area (Å²) in [5.74, 6) is -2.53. The van der Waals surface area contributed by atoms with Crippen molar-refractivity contribution >= 4 is 35.4 Å². The third-order valence-electron chi connectivity index (χ3n) is 5.66.